The lowest BCUT2D eigenvalue weighted by Gasteiger charge is -2.32. The fourth-order valence-electron chi connectivity index (χ4n) is 1.99. The zero-order valence-electron chi connectivity index (χ0n) is 11.0. The molecule has 2 rings (SSSR count). The van der Waals surface area contributed by atoms with Crippen LogP contribution in [0.5, 0.6) is 0 Å². The maximum Gasteiger partial charge on any atom is 0.412 e. The second-order valence-corrected chi connectivity index (χ2v) is 6.24. The van der Waals surface area contributed by atoms with Crippen molar-refractivity contribution in [2.75, 3.05) is 11.1 Å². The normalized spacial score (nSPS) is 21.7. The number of aliphatic imine (C=N–C) groups is 1. The molecule has 0 unspecified atom stereocenters. The van der Waals surface area contributed by atoms with E-state index >= 15 is 0 Å². The van der Waals surface area contributed by atoms with Crippen LogP contribution in [0.2, 0.25) is 5.02 Å². The van der Waals surface area contributed by atoms with E-state index in [4.69, 9.17) is 11.6 Å². The molecule has 0 saturated heterocycles. The molecule has 1 aliphatic rings. The van der Waals surface area contributed by atoms with Crippen LogP contribution in [0.3, 0.4) is 0 Å². The Balaban J connectivity index is 2.70. The van der Waals surface area contributed by atoms with Gasteiger partial charge in [-0.3, -0.25) is 0 Å². The van der Waals surface area contributed by atoms with Gasteiger partial charge in [0.1, 0.15) is 0 Å². The number of carbonyl (C=O) groups excluding carboxylic acids is 1. The largest absolute Gasteiger partial charge is 0.412 e. The number of anilines is 1. The Morgan fingerprint density at radius 2 is 2.14 bits per heavy atom. The average molecular weight is 337 g/mol. The number of benzene rings is 1. The summed E-state index contributed by atoms with van der Waals surface area (Å²) in [5.41, 5.74) is -0.0293. The number of hydrogen-bond donors (Lipinski definition) is 1. The predicted octanol–water partition coefficient (Wildman–Crippen LogP) is 4.86. The van der Waals surface area contributed by atoms with Gasteiger partial charge < -0.3 is 5.32 Å². The van der Waals surface area contributed by atoms with Crippen molar-refractivity contribution in [3.05, 3.63) is 28.8 Å². The number of carbonyl (C=O) groups is 1. The summed E-state index contributed by atoms with van der Waals surface area (Å²) >= 11 is 6.54. The summed E-state index contributed by atoms with van der Waals surface area (Å²) in [6.45, 7) is 1.78. The van der Waals surface area contributed by atoms with Gasteiger partial charge in [0.15, 0.2) is 4.75 Å². The van der Waals surface area contributed by atoms with E-state index in [2.05, 4.69) is 10.3 Å². The van der Waals surface area contributed by atoms with Crippen molar-refractivity contribution in [1.29, 1.82) is 0 Å². The summed E-state index contributed by atoms with van der Waals surface area (Å²) in [6, 6.07) is 3.18. The van der Waals surface area contributed by atoms with Gasteiger partial charge in [-0.2, -0.15) is 13.2 Å². The number of fused-ring (bicyclic) bond motifs is 1. The van der Waals surface area contributed by atoms with Crippen molar-refractivity contribution < 1.29 is 18.0 Å². The van der Waals surface area contributed by atoms with Crippen LogP contribution < -0.4 is 5.32 Å². The van der Waals surface area contributed by atoms with E-state index < -0.39 is 17.0 Å². The Hall–Kier alpha value is -1.21. The monoisotopic (exact) mass is 336 g/mol. The van der Waals surface area contributed by atoms with Gasteiger partial charge in [-0.1, -0.05) is 18.5 Å². The van der Waals surface area contributed by atoms with E-state index in [-0.39, 0.29) is 22.0 Å². The molecular weight excluding hydrogens is 325 g/mol. The van der Waals surface area contributed by atoms with Crippen molar-refractivity contribution in [2.45, 2.75) is 24.3 Å². The van der Waals surface area contributed by atoms with E-state index in [1.807, 2.05) is 0 Å². The first-order chi connectivity index (χ1) is 9.80. The number of nitrogens with zero attached hydrogens (tertiary/aromatic N) is 1. The van der Waals surface area contributed by atoms with Gasteiger partial charge in [-0.25, -0.2) is 9.79 Å². The number of amides is 2. The Morgan fingerprint density at radius 1 is 1.43 bits per heavy atom. The van der Waals surface area contributed by atoms with Crippen LogP contribution in [-0.4, -0.2) is 24.2 Å². The smallest absolute Gasteiger partial charge is 0.306 e. The van der Waals surface area contributed by atoms with Gasteiger partial charge in [0.05, 0.1) is 0 Å². The number of nitrogens with one attached hydrogen (secondary N) is 1. The molecule has 114 valence electrons. The summed E-state index contributed by atoms with van der Waals surface area (Å²) in [7, 11) is 0. The Labute approximate surface area is 129 Å². The molecule has 1 N–H and O–H groups in total. The first kappa shape index (κ1) is 16.2. The molecule has 0 spiro atoms. The van der Waals surface area contributed by atoms with E-state index in [0.29, 0.717) is 24.4 Å². The van der Waals surface area contributed by atoms with Crippen molar-refractivity contribution in [1.82, 2.24) is 0 Å². The third kappa shape index (κ3) is 3.03. The van der Waals surface area contributed by atoms with Crippen LogP contribution in [0.25, 0.3) is 0 Å². The van der Waals surface area contributed by atoms with Gasteiger partial charge >= 0.3 is 12.2 Å². The quantitative estimate of drug-likeness (QED) is 0.856. The minimum Gasteiger partial charge on any atom is -0.306 e. The number of thioether (sulfide) groups is 1. The lowest BCUT2D eigenvalue weighted by molar-refractivity contribution is -0.143. The summed E-state index contributed by atoms with van der Waals surface area (Å²) in [6.07, 6.45) is -3.37. The summed E-state index contributed by atoms with van der Waals surface area (Å²) in [4.78, 5) is 14.9. The van der Waals surface area contributed by atoms with Crippen molar-refractivity contribution in [2.24, 2.45) is 4.99 Å². The Morgan fingerprint density at radius 3 is 2.76 bits per heavy atom. The molecule has 0 fully saturated rings. The minimum atomic E-state index is -4.61. The van der Waals surface area contributed by atoms with Gasteiger partial charge in [0.2, 0.25) is 0 Å². The lowest BCUT2D eigenvalue weighted by Crippen LogP contribution is -2.41. The Bertz CT molecular complexity index is 591. The second kappa shape index (κ2) is 5.88. The molecular formula is C13H12ClF3N2OS. The molecule has 1 heterocycles. The molecule has 0 saturated carbocycles. The molecule has 0 aromatic heterocycles. The summed E-state index contributed by atoms with van der Waals surface area (Å²) in [5.74, 6) is 0.270. The van der Waals surface area contributed by atoms with Gasteiger partial charge in [-0.05, 0) is 30.4 Å². The van der Waals surface area contributed by atoms with E-state index in [1.165, 1.54) is 18.2 Å². The highest BCUT2D eigenvalue weighted by molar-refractivity contribution is 8.00. The summed E-state index contributed by atoms with van der Waals surface area (Å²) < 4.78 is 38.8. The fraction of sp³-hybridized carbons (Fsp3) is 0.385. The summed E-state index contributed by atoms with van der Waals surface area (Å²) in [5, 5.41) is 2.51. The predicted molar refractivity (Wildman–Crippen MR) is 79.4 cm³/mol. The third-order valence-corrected chi connectivity index (χ3v) is 4.80. The van der Waals surface area contributed by atoms with Gasteiger partial charge in [0, 0.05) is 22.5 Å². The molecule has 1 aromatic carbocycles. The molecule has 0 aliphatic carbocycles. The standard InChI is InChI=1S/C13H12ClF3N2OS/c1-2-5-21-12(13(15,16)17)7-18-11(20)19-10-4-3-8(14)6-9(10)12/h3-4,6-7H,2,5H2,1H3,(H,19,20)/t12-/m1/s1. The molecule has 21 heavy (non-hydrogen) atoms. The van der Waals surface area contributed by atoms with E-state index in [9.17, 15) is 18.0 Å². The third-order valence-electron chi connectivity index (χ3n) is 2.94. The maximum absolute atomic E-state index is 13.7. The molecule has 2 amide bonds. The van der Waals surface area contributed by atoms with Crippen LogP contribution in [0, 0.1) is 0 Å². The molecule has 1 aliphatic heterocycles. The molecule has 0 radical (unpaired) electrons. The molecule has 1 atom stereocenters. The second-order valence-electron chi connectivity index (χ2n) is 4.46. The van der Waals surface area contributed by atoms with Crippen LogP contribution in [0.1, 0.15) is 18.9 Å². The first-order valence-corrected chi connectivity index (χ1v) is 7.53. The number of rotatable bonds is 3. The van der Waals surface area contributed by atoms with Gasteiger partial charge in [-0.15, -0.1) is 11.8 Å². The molecule has 1 aromatic rings. The maximum atomic E-state index is 13.7. The zero-order chi connectivity index (χ0) is 15.7. The van der Waals surface area contributed by atoms with Crippen molar-refractivity contribution in [3.63, 3.8) is 0 Å². The van der Waals surface area contributed by atoms with E-state index in [1.54, 1.807) is 6.92 Å². The fourth-order valence-corrected chi connectivity index (χ4v) is 3.30. The number of hydrogen-bond acceptors (Lipinski definition) is 2. The van der Waals surface area contributed by atoms with Crippen LogP contribution >= 0.6 is 23.4 Å². The lowest BCUT2D eigenvalue weighted by atomic mass is 9.96. The number of alkyl halides is 3. The molecule has 0 bridgehead atoms. The zero-order valence-corrected chi connectivity index (χ0v) is 12.6. The van der Waals surface area contributed by atoms with Crippen molar-refractivity contribution >= 4 is 41.3 Å². The SMILES string of the molecule is CCCS[C@]1(C(F)(F)F)C=NC(=O)Nc2ccc(Cl)cc21. The number of urea groups is 1. The van der Waals surface area contributed by atoms with Crippen molar-refractivity contribution in [3.8, 4) is 0 Å². The minimum absolute atomic E-state index is 0.0721. The Kier molecular flexibility index (Phi) is 4.53. The van der Waals surface area contributed by atoms with Crippen LogP contribution in [0.15, 0.2) is 23.2 Å². The average Bonchev–Trinajstić information content (AvgIpc) is 2.53. The van der Waals surface area contributed by atoms with Gasteiger partial charge in [0.25, 0.3) is 0 Å². The highest BCUT2D eigenvalue weighted by atomic mass is 35.5. The molecule has 3 nitrogen and oxygen atoms in total. The first-order valence-electron chi connectivity index (χ1n) is 6.17. The molecule has 8 heteroatoms. The number of halogens is 4. The topological polar surface area (TPSA) is 41.5 Å². The van der Waals surface area contributed by atoms with E-state index in [0.717, 1.165) is 0 Å². The van der Waals surface area contributed by atoms with Crippen LogP contribution in [0.4, 0.5) is 23.7 Å². The highest BCUT2D eigenvalue weighted by Gasteiger charge is 2.57. The highest BCUT2D eigenvalue weighted by Crippen LogP contribution is 2.52. The van der Waals surface area contributed by atoms with Crippen LogP contribution in [-0.2, 0) is 4.75 Å².